The molecule has 0 amide bonds. The van der Waals surface area contributed by atoms with E-state index in [0.717, 1.165) is 11.5 Å². The second-order valence-corrected chi connectivity index (χ2v) is 6.42. The van der Waals surface area contributed by atoms with E-state index in [9.17, 15) is 0 Å². The van der Waals surface area contributed by atoms with E-state index in [4.69, 9.17) is 5.84 Å². The fourth-order valence-corrected chi connectivity index (χ4v) is 3.17. The maximum absolute atomic E-state index is 6.43. The van der Waals surface area contributed by atoms with Crippen molar-refractivity contribution >= 4 is 40.1 Å². The van der Waals surface area contributed by atoms with Gasteiger partial charge in [-0.2, -0.15) is 5.84 Å². The number of para-hydroxylation sites is 1. The fourth-order valence-electron chi connectivity index (χ4n) is 2.55. The molecule has 0 fully saturated rings. The van der Waals surface area contributed by atoms with Crippen molar-refractivity contribution in [3.8, 4) is 0 Å². The minimum absolute atomic E-state index is 0.103. The Bertz CT molecular complexity index is 626. The molecular weight excluding hydrogens is 351 g/mol. The van der Waals surface area contributed by atoms with E-state index in [1.54, 1.807) is 6.20 Å². The molecule has 0 radical (unpaired) electrons. The summed E-state index contributed by atoms with van der Waals surface area (Å²) in [5.74, 6) is 7.33. The first kappa shape index (κ1) is 12.8. The van der Waals surface area contributed by atoms with Crippen LogP contribution in [-0.2, 0) is 0 Å². The summed E-state index contributed by atoms with van der Waals surface area (Å²) >= 11 is 2.25. The lowest BCUT2D eigenvalue weighted by Gasteiger charge is -2.28. The van der Waals surface area contributed by atoms with Crippen LogP contribution in [0.1, 0.15) is 12.5 Å². The zero-order valence-electron chi connectivity index (χ0n) is 10.9. The molecule has 0 saturated heterocycles. The first-order valence-corrected chi connectivity index (χ1v) is 7.17. The number of fused-ring (bicyclic) bond motifs is 1. The smallest absolute Gasteiger partial charge is 0.281 e. The van der Waals surface area contributed by atoms with Gasteiger partial charge in [-0.25, -0.2) is 4.98 Å². The third kappa shape index (κ3) is 1.84. The molecule has 1 aromatic carbocycles. The van der Waals surface area contributed by atoms with Gasteiger partial charge in [0.2, 0.25) is 0 Å². The number of hydrogen-bond donors (Lipinski definition) is 1. The molecule has 0 bridgehead atoms. The number of nitrogens with two attached hydrogens (primary N) is 1. The van der Waals surface area contributed by atoms with Crippen molar-refractivity contribution in [1.82, 2.24) is 7.79 Å². The van der Waals surface area contributed by atoms with Crippen LogP contribution in [-0.4, -0.2) is 11.1 Å². The molecule has 0 spiro atoms. The summed E-state index contributed by atoms with van der Waals surface area (Å²) < 4.78 is 0.252. The largest absolute Gasteiger partial charge is 0.282 e. The summed E-state index contributed by atoms with van der Waals surface area (Å²) in [6.07, 6.45) is 1.90. The lowest BCUT2D eigenvalue weighted by Crippen LogP contribution is -2.54. The molecule has 5 heteroatoms. The van der Waals surface area contributed by atoms with E-state index in [1.165, 1.54) is 11.3 Å². The molecular formula is C14H16IN4+. The Morgan fingerprint density at radius 3 is 2.63 bits per heavy atom. The third-order valence-corrected chi connectivity index (χ3v) is 4.91. The van der Waals surface area contributed by atoms with Crippen LogP contribution in [0.4, 0.5) is 17.2 Å². The van der Waals surface area contributed by atoms with Crippen LogP contribution in [0.15, 0.2) is 42.6 Å². The van der Waals surface area contributed by atoms with Crippen molar-refractivity contribution in [2.45, 2.75) is 20.0 Å². The van der Waals surface area contributed by atoms with Gasteiger partial charge in [-0.15, -0.1) is 2.81 Å². The van der Waals surface area contributed by atoms with Gasteiger partial charge in [-0.1, -0.05) is 18.2 Å². The Morgan fingerprint density at radius 1 is 1.21 bits per heavy atom. The highest BCUT2D eigenvalue weighted by Gasteiger charge is 2.48. The van der Waals surface area contributed by atoms with Crippen molar-refractivity contribution in [3.63, 3.8) is 0 Å². The Kier molecular flexibility index (Phi) is 2.99. The van der Waals surface area contributed by atoms with Gasteiger partial charge in [-0.05, 0) is 30.7 Å². The van der Waals surface area contributed by atoms with Crippen molar-refractivity contribution in [1.29, 1.82) is 0 Å². The van der Waals surface area contributed by atoms with Crippen molar-refractivity contribution in [2.24, 2.45) is 5.84 Å². The fraction of sp³-hybridized carbons (Fsp3) is 0.214. The second kappa shape index (κ2) is 4.43. The maximum atomic E-state index is 6.43. The van der Waals surface area contributed by atoms with E-state index in [-0.39, 0.29) is 8.97 Å². The summed E-state index contributed by atoms with van der Waals surface area (Å²) in [5, 5.41) is 0. The highest BCUT2D eigenvalue weighted by molar-refractivity contribution is 14.1. The van der Waals surface area contributed by atoms with Gasteiger partial charge >= 0.3 is 0 Å². The van der Waals surface area contributed by atoms with Crippen LogP contribution < -0.4 is 13.5 Å². The molecule has 4 nitrogen and oxygen atoms in total. The van der Waals surface area contributed by atoms with Gasteiger partial charge in [0.1, 0.15) is 5.69 Å². The van der Waals surface area contributed by atoms with Gasteiger partial charge in [-0.3, -0.25) is 4.90 Å². The average molecular weight is 367 g/mol. The molecule has 2 atom stereocenters. The standard InChI is InChI=1S/C14H16IN4/c1-10-6-3-4-7-12(10)18-11(2)19(15,16)14-13(18)8-5-9-17-14/h3-9,11H,16H2,1-2H3/q+1/t11-,19?/m1/s1. The summed E-state index contributed by atoms with van der Waals surface area (Å²) in [7, 11) is 0. The minimum atomic E-state index is 0.103. The molecule has 1 aliphatic rings. The van der Waals surface area contributed by atoms with Crippen LogP contribution in [0.2, 0.25) is 0 Å². The van der Waals surface area contributed by atoms with Crippen molar-refractivity contribution in [2.75, 3.05) is 4.90 Å². The maximum Gasteiger partial charge on any atom is 0.281 e. The highest BCUT2D eigenvalue weighted by atomic mass is 127. The summed E-state index contributed by atoms with van der Waals surface area (Å²) in [6, 6.07) is 12.4. The average Bonchev–Trinajstić information content (AvgIpc) is 2.60. The molecule has 3 rings (SSSR count). The van der Waals surface area contributed by atoms with Gasteiger partial charge in [0.25, 0.3) is 28.7 Å². The van der Waals surface area contributed by atoms with Gasteiger partial charge in [0.05, 0.1) is 0 Å². The zero-order valence-corrected chi connectivity index (χ0v) is 13.1. The number of aromatic nitrogens is 1. The molecule has 2 N–H and O–H groups in total. The summed E-state index contributed by atoms with van der Waals surface area (Å²) in [6.45, 7) is 4.25. The molecule has 19 heavy (non-hydrogen) atoms. The van der Waals surface area contributed by atoms with E-state index >= 15 is 0 Å². The number of pyridine rings is 1. The normalized spacial score (nSPS) is 25.5. The highest BCUT2D eigenvalue weighted by Crippen LogP contribution is 2.47. The number of anilines is 2. The topological polar surface area (TPSA) is 42.2 Å². The van der Waals surface area contributed by atoms with E-state index in [2.05, 4.69) is 76.9 Å². The summed E-state index contributed by atoms with van der Waals surface area (Å²) in [5.41, 5.74) is 3.51. The number of hydrogen-bond acceptors (Lipinski definition) is 3. The lowest BCUT2D eigenvalue weighted by molar-refractivity contribution is 0.439. The molecule has 98 valence electrons. The number of nitrogens with zero attached hydrogens (tertiary/aromatic N) is 3. The van der Waals surface area contributed by atoms with E-state index in [0.29, 0.717) is 0 Å². The number of halogens is 1. The van der Waals surface area contributed by atoms with E-state index < -0.39 is 0 Å². The predicted molar refractivity (Wildman–Crippen MR) is 87.0 cm³/mol. The molecule has 2 heterocycles. The van der Waals surface area contributed by atoms with Crippen LogP contribution in [0.3, 0.4) is 0 Å². The zero-order chi connectivity index (χ0) is 13.6. The second-order valence-electron chi connectivity index (χ2n) is 4.82. The molecule has 2 aromatic rings. The van der Waals surface area contributed by atoms with Gasteiger partial charge in [0, 0.05) is 18.8 Å². The number of rotatable bonds is 1. The molecule has 1 unspecified atom stereocenters. The first-order valence-electron chi connectivity index (χ1n) is 6.21. The molecule has 1 aliphatic heterocycles. The van der Waals surface area contributed by atoms with Crippen molar-refractivity contribution in [3.05, 3.63) is 48.2 Å². The first-order chi connectivity index (χ1) is 9.03. The third-order valence-electron chi connectivity index (χ3n) is 3.64. The van der Waals surface area contributed by atoms with Crippen LogP contribution in [0, 0.1) is 6.92 Å². The Labute approximate surface area is 126 Å². The van der Waals surface area contributed by atoms with E-state index in [1.807, 2.05) is 6.07 Å². The van der Waals surface area contributed by atoms with Crippen LogP contribution >= 0.6 is 22.9 Å². The molecule has 0 saturated carbocycles. The SMILES string of the molecule is Cc1ccccc1N1c2cccnc2[N+](N)(I)[C@@H]1C. The summed E-state index contributed by atoms with van der Waals surface area (Å²) in [4.78, 5) is 6.73. The van der Waals surface area contributed by atoms with Crippen LogP contribution in [0.25, 0.3) is 0 Å². The molecule has 1 aromatic heterocycles. The Morgan fingerprint density at radius 2 is 1.89 bits per heavy atom. The monoisotopic (exact) mass is 367 g/mol. The predicted octanol–water partition coefficient (Wildman–Crippen LogP) is 3.42. The van der Waals surface area contributed by atoms with Gasteiger partial charge in [0.15, 0.2) is 6.17 Å². The van der Waals surface area contributed by atoms with Gasteiger partial charge < -0.3 is 0 Å². The number of benzene rings is 1. The minimum Gasteiger partial charge on any atom is -0.282 e. The molecule has 0 aliphatic carbocycles. The number of aryl methyl sites for hydroxylation is 1. The van der Waals surface area contributed by atoms with Crippen LogP contribution in [0.5, 0.6) is 0 Å². The Hall–Kier alpha value is -1.18. The number of quaternary nitrogens is 1. The Balaban J connectivity index is 2.21. The quantitative estimate of drug-likeness (QED) is 0.477. The lowest BCUT2D eigenvalue weighted by atomic mass is 10.1. The van der Waals surface area contributed by atoms with Crippen molar-refractivity contribution < 1.29 is 0 Å².